The molecule has 0 spiro atoms. The van der Waals surface area contributed by atoms with Crippen LogP contribution >= 0.6 is 0 Å². The summed E-state index contributed by atoms with van der Waals surface area (Å²) in [5.41, 5.74) is 6.32. The molecule has 1 nitrogen and oxygen atoms in total. The summed E-state index contributed by atoms with van der Waals surface area (Å²) in [7, 11) is 0. The minimum absolute atomic E-state index is 0.0707. The monoisotopic (exact) mass is 426 g/mol. The van der Waals surface area contributed by atoms with Crippen LogP contribution < -0.4 is 0 Å². The molecule has 4 rings (SSSR count). The Morgan fingerprint density at radius 1 is 1.06 bits per heavy atom. The van der Waals surface area contributed by atoms with Crippen molar-refractivity contribution in [2.45, 2.75) is 119 Å². The Bertz CT molecular complexity index is 729. The first-order valence-electron chi connectivity index (χ1n) is 13.7. The van der Waals surface area contributed by atoms with Crippen LogP contribution in [0.3, 0.4) is 0 Å². The molecule has 0 bridgehead atoms. The summed E-state index contributed by atoms with van der Waals surface area (Å²) in [6, 6.07) is 0. The third-order valence-corrected chi connectivity index (χ3v) is 11.3. The number of rotatable bonds is 5. The van der Waals surface area contributed by atoms with E-state index in [0.29, 0.717) is 28.6 Å². The van der Waals surface area contributed by atoms with Crippen LogP contribution in [0.1, 0.15) is 113 Å². The van der Waals surface area contributed by atoms with E-state index in [4.69, 9.17) is 0 Å². The summed E-state index contributed by atoms with van der Waals surface area (Å²) < 4.78 is 0. The molecule has 2 saturated carbocycles. The topological polar surface area (TPSA) is 20.2 Å². The van der Waals surface area contributed by atoms with E-state index >= 15 is 0 Å². The van der Waals surface area contributed by atoms with Crippen LogP contribution in [-0.2, 0) is 0 Å². The molecule has 4 aliphatic rings. The molecular weight excluding hydrogens is 376 g/mol. The van der Waals surface area contributed by atoms with Crippen LogP contribution in [0, 0.1) is 46.3 Å². The molecule has 4 aliphatic carbocycles. The van der Waals surface area contributed by atoms with Gasteiger partial charge in [-0.1, -0.05) is 64.3 Å². The van der Waals surface area contributed by atoms with Gasteiger partial charge in [-0.2, -0.15) is 0 Å². The number of fused-ring (bicyclic) bond motifs is 4. The van der Waals surface area contributed by atoms with E-state index < -0.39 is 0 Å². The summed E-state index contributed by atoms with van der Waals surface area (Å²) in [5.74, 6) is 4.44. The summed E-state index contributed by atoms with van der Waals surface area (Å²) in [6.07, 6.45) is 15.5. The van der Waals surface area contributed by atoms with E-state index in [0.717, 1.165) is 24.2 Å². The molecule has 8 unspecified atom stereocenters. The van der Waals surface area contributed by atoms with Crippen LogP contribution in [0.4, 0.5) is 0 Å². The smallest absolute Gasteiger partial charge is 0.0569 e. The van der Waals surface area contributed by atoms with Gasteiger partial charge in [-0.15, -0.1) is 0 Å². The molecule has 0 heterocycles. The molecule has 0 radical (unpaired) electrons. The highest BCUT2D eigenvalue weighted by Gasteiger charge is 2.56. The average Bonchev–Trinajstić information content (AvgIpc) is 3.08. The van der Waals surface area contributed by atoms with Crippen molar-refractivity contribution in [3.05, 3.63) is 22.8 Å². The first-order chi connectivity index (χ1) is 14.6. The number of hydrogen-bond donors (Lipinski definition) is 1. The number of hydrogen-bond acceptors (Lipinski definition) is 1. The second kappa shape index (κ2) is 8.66. The maximum Gasteiger partial charge on any atom is 0.0569 e. The van der Waals surface area contributed by atoms with Gasteiger partial charge in [-0.05, 0) is 117 Å². The van der Waals surface area contributed by atoms with Crippen LogP contribution in [0.25, 0.3) is 0 Å². The fraction of sp³-hybridized carbons (Fsp3) is 0.867. The predicted molar refractivity (Wildman–Crippen MR) is 133 cm³/mol. The van der Waals surface area contributed by atoms with Crippen LogP contribution in [0.2, 0.25) is 0 Å². The van der Waals surface area contributed by atoms with Gasteiger partial charge < -0.3 is 5.11 Å². The van der Waals surface area contributed by atoms with Crippen molar-refractivity contribution in [3.63, 3.8) is 0 Å². The van der Waals surface area contributed by atoms with Gasteiger partial charge in [0.15, 0.2) is 0 Å². The number of aliphatic hydroxyl groups excluding tert-OH is 1. The second-order valence-electron chi connectivity index (χ2n) is 12.8. The molecule has 176 valence electrons. The molecular formula is C30H50O. The van der Waals surface area contributed by atoms with E-state index in [1.165, 1.54) is 57.8 Å². The molecule has 0 aliphatic heterocycles. The van der Waals surface area contributed by atoms with Gasteiger partial charge in [-0.25, -0.2) is 0 Å². The third kappa shape index (κ3) is 3.79. The molecule has 0 aromatic heterocycles. The molecule has 0 aromatic rings. The Kier molecular flexibility index (Phi) is 6.59. The van der Waals surface area contributed by atoms with E-state index in [1.807, 2.05) is 11.1 Å². The Morgan fingerprint density at radius 2 is 1.81 bits per heavy atom. The summed E-state index contributed by atoms with van der Waals surface area (Å²) >= 11 is 0. The van der Waals surface area contributed by atoms with E-state index in [9.17, 15) is 5.11 Å². The first-order valence-corrected chi connectivity index (χ1v) is 13.7. The van der Waals surface area contributed by atoms with Crippen molar-refractivity contribution in [2.24, 2.45) is 46.3 Å². The lowest BCUT2D eigenvalue weighted by atomic mass is 9.49. The van der Waals surface area contributed by atoms with Crippen molar-refractivity contribution in [1.82, 2.24) is 0 Å². The van der Waals surface area contributed by atoms with Gasteiger partial charge in [0, 0.05) is 0 Å². The lowest BCUT2D eigenvalue weighted by molar-refractivity contribution is -0.0336. The van der Waals surface area contributed by atoms with Gasteiger partial charge >= 0.3 is 0 Å². The molecule has 1 N–H and O–H groups in total. The van der Waals surface area contributed by atoms with Crippen molar-refractivity contribution >= 4 is 0 Å². The minimum atomic E-state index is -0.0707. The van der Waals surface area contributed by atoms with E-state index in [2.05, 4.69) is 54.5 Å². The lowest BCUT2D eigenvalue weighted by Gasteiger charge is -2.56. The highest BCUT2D eigenvalue weighted by Crippen LogP contribution is 2.66. The quantitative estimate of drug-likeness (QED) is 0.438. The zero-order valence-corrected chi connectivity index (χ0v) is 21.6. The van der Waals surface area contributed by atoms with E-state index in [1.54, 1.807) is 5.57 Å². The fourth-order valence-corrected chi connectivity index (χ4v) is 9.25. The van der Waals surface area contributed by atoms with Crippen molar-refractivity contribution in [2.75, 3.05) is 0 Å². The highest BCUT2D eigenvalue weighted by atomic mass is 16.3. The van der Waals surface area contributed by atoms with Gasteiger partial charge in [0.05, 0.1) is 6.10 Å². The first kappa shape index (κ1) is 23.6. The van der Waals surface area contributed by atoms with Crippen LogP contribution in [0.15, 0.2) is 22.8 Å². The zero-order valence-electron chi connectivity index (χ0n) is 21.6. The number of aliphatic hydroxyl groups is 1. The predicted octanol–water partition coefficient (Wildman–Crippen LogP) is 8.34. The average molecular weight is 427 g/mol. The largest absolute Gasteiger partial charge is 0.393 e. The summed E-state index contributed by atoms with van der Waals surface area (Å²) in [4.78, 5) is 0. The van der Waals surface area contributed by atoms with Crippen LogP contribution in [0.5, 0.6) is 0 Å². The molecule has 0 saturated heterocycles. The van der Waals surface area contributed by atoms with Crippen molar-refractivity contribution < 1.29 is 5.11 Å². The second-order valence-corrected chi connectivity index (χ2v) is 12.8. The Hall–Kier alpha value is -0.560. The molecule has 1 heteroatoms. The SMILES string of the molecule is C/C=C(/CCC(C)C1CCC2C3=C(CCC21C)C1(C)CCC(O)C(C)C1CC3)C(C)C. The molecule has 31 heavy (non-hydrogen) atoms. The standard InChI is InChI=1S/C30H50O/c1-8-22(19(2)3)10-9-20(4)24-13-14-26-23-11-12-25-21(5)28(31)16-18-30(25,7)27(23)15-17-29(24,26)6/h8,19-21,24-26,28,31H,9-18H2,1-7H3/b22-8-. The van der Waals surface area contributed by atoms with Gasteiger partial charge in [0.25, 0.3) is 0 Å². The molecule has 8 atom stereocenters. The normalized spacial score (nSPS) is 44.2. The Labute approximate surface area is 193 Å². The number of allylic oxidation sites excluding steroid dienone is 4. The maximum atomic E-state index is 10.5. The molecule has 0 aromatic carbocycles. The van der Waals surface area contributed by atoms with Gasteiger partial charge in [0.2, 0.25) is 0 Å². The van der Waals surface area contributed by atoms with Gasteiger partial charge in [0.1, 0.15) is 0 Å². The Morgan fingerprint density at radius 3 is 2.48 bits per heavy atom. The summed E-state index contributed by atoms with van der Waals surface area (Å²) in [5, 5.41) is 10.5. The molecule has 2 fully saturated rings. The lowest BCUT2D eigenvalue weighted by Crippen LogP contribution is -2.49. The molecule has 0 amide bonds. The van der Waals surface area contributed by atoms with Crippen LogP contribution in [-0.4, -0.2) is 11.2 Å². The highest BCUT2D eigenvalue weighted by molar-refractivity contribution is 5.34. The minimum Gasteiger partial charge on any atom is -0.393 e. The fourth-order valence-electron chi connectivity index (χ4n) is 9.25. The zero-order chi connectivity index (χ0) is 22.6. The van der Waals surface area contributed by atoms with Crippen molar-refractivity contribution in [3.8, 4) is 0 Å². The third-order valence-electron chi connectivity index (χ3n) is 11.3. The maximum absolute atomic E-state index is 10.5. The Balaban J connectivity index is 1.54. The van der Waals surface area contributed by atoms with Gasteiger partial charge in [-0.3, -0.25) is 0 Å². The summed E-state index contributed by atoms with van der Waals surface area (Å²) in [6.45, 7) is 17.1. The van der Waals surface area contributed by atoms with E-state index in [-0.39, 0.29) is 6.10 Å². The van der Waals surface area contributed by atoms with Crippen molar-refractivity contribution in [1.29, 1.82) is 0 Å².